The fourth-order valence-electron chi connectivity index (χ4n) is 2.00. The van der Waals surface area contributed by atoms with Crippen LogP contribution in [0.2, 0.25) is 0 Å². The third-order valence-electron chi connectivity index (χ3n) is 3.22. The fourth-order valence-corrected chi connectivity index (χ4v) is 2.21. The highest BCUT2D eigenvalue weighted by atomic mass is 35.5. The van der Waals surface area contributed by atoms with E-state index in [1.807, 2.05) is 42.5 Å². The first-order chi connectivity index (χ1) is 10.3. The molecule has 2 aromatic carbocycles. The third-order valence-corrected chi connectivity index (χ3v) is 3.51. The molecule has 0 saturated heterocycles. The number of hydrogen-bond donors (Lipinski definition) is 0. The van der Waals surface area contributed by atoms with Gasteiger partial charge in [-0.1, -0.05) is 12.1 Å². The van der Waals surface area contributed by atoms with Gasteiger partial charge in [0.15, 0.2) is 0 Å². The van der Waals surface area contributed by atoms with Crippen LogP contribution in [0, 0.1) is 0 Å². The molecule has 0 heterocycles. The Hall–Kier alpha value is -1.87. The Kier molecular flexibility index (Phi) is 5.76. The van der Waals surface area contributed by atoms with Crippen molar-refractivity contribution < 1.29 is 14.2 Å². The van der Waals surface area contributed by atoms with E-state index < -0.39 is 0 Å². The van der Waals surface area contributed by atoms with Crippen molar-refractivity contribution in [1.82, 2.24) is 0 Å². The molecule has 0 radical (unpaired) electrons. The summed E-state index contributed by atoms with van der Waals surface area (Å²) in [6.07, 6.45) is 0.831. The van der Waals surface area contributed by atoms with Crippen molar-refractivity contribution in [3.63, 3.8) is 0 Å². The second-order valence-electron chi connectivity index (χ2n) is 4.55. The van der Waals surface area contributed by atoms with Gasteiger partial charge in [-0.2, -0.15) is 0 Å². The highest BCUT2D eigenvalue weighted by Crippen LogP contribution is 2.25. The van der Waals surface area contributed by atoms with Gasteiger partial charge in [0.05, 0.1) is 26.7 Å². The van der Waals surface area contributed by atoms with Crippen molar-refractivity contribution in [2.45, 2.75) is 12.3 Å². The van der Waals surface area contributed by atoms with Crippen LogP contribution in [0.15, 0.2) is 42.5 Å². The lowest BCUT2D eigenvalue weighted by atomic mass is 10.1. The van der Waals surface area contributed by atoms with E-state index in [1.165, 1.54) is 5.56 Å². The Balaban J connectivity index is 1.93. The number of benzene rings is 2. The minimum Gasteiger partial charge on any atom is -0.497 e. The Bertz CT molecular complexity index is 567. The van der Waals surface area contributed by atoms with E-state index in [-0.39, 0.29) is 0 Å². The Morgan fingerprint density at radius 2 is 1.57 bits per heavy atom. The molecular formula is C17H19ClO3. The molecular weight excluding hydrogens is 288 g/mol. The second kappa shape index (κ2) is 7.79. The highest BCUT2D eigenvalue weighted by molar-refractivity contribution is 6.17. The predicted molar refractivity (Wildman–Crippen MR) is 84.7 cm³/mol. The van der Waals surface area contributed by atoms with E-state index in [0.717, 1.165) is 29.2 Å². The lowest BCUT2D eigenvalue weighted by molar-refractivity contribution is 0.318. The first-order valence-corrected chi connectivity index (χ1v) is 7.29. The second-order valence-corrected chi connectivity index (χ2v) is 4.82. The molecule has 0 fully saturated rings. The van der Waals surface area contributed by atoms with E-state index in [9.17, 15) is 0 Å². The lowest BCUT2D eigenvalue weighted by Gasteiger charge is -2.11. The molecule has 0 amide bonds. The summed E-state index contributed by atoms with van der Waals surface area (Å²) in [5, 5.41) is 0. The summed E-state index contributed by atoms with van der Waals surface area (Å²) in [4.78, 5) is 0. The van der Waals surface area contributed by atoms with Crippen molar-refractivity contribution in [3.8, 4) is 17.2 Å². The standard InChI is InChI=1S/C17H19ClO3/c1-19-15-5-3-13(4-6-15)9-10-21-17-8-7-16(20-2)11-14(17)12-18/h3-8,11H,9-10,12H2,1-2H3. The zero-order chi connectivity index (χ0) is 15.1. The quantitative estimate of drug-likeness (QED) is 0.722. The first-order valence-electron chi connectivity index (χ1n) is 6.75. The molecule has 21 heavy (non-hydrogen) atoms. The molecule has 0 saturated carbocycles. The van der Waals surface area contributed by atoms with Crippen LogP contribution in [0.5, 0.6) is 17.2 Å². The lowest BCUT2D eigenvalue weighted by Crippen LogP contribution is -2.03. The molecule has 0 aliphatic rings. The van der Waals surface area contributed by atoms with E-state index in [2.05, 4.69) is 0 Å². The Morgan fingerprint density at radius 1 is 0.905 bits per heavy atom. The molecule has 0 aromatic heterocycles. The summed E-state index contributed by atoms with van der Waals surface area (Å²) >= 11 is 5.94. The average molecular weight is 307 g/mol. The number of ether oxygens (including phenoxy) is 3. The van der Waals surface area contributed by atoms with Gasteiger partial charge >= 0.3 is 0 Å². The minimum absolute atomic E-state index is 0.398. The maximum atomic E-state index is 5.94. The zero-order valence-corrected chi connectivity index (χ0v) is 13.0. The summed E-state index contributed by atoms with van der Waals surface area (Å²) in [6.45, 7) is 0.600. The van der Waals surface area contributed by atoms with Crippen LogP contribution in [0.25, 0.3) is 0 Å². The van der Waals surface area contributed by atoms with E-state index in [0.29, 0.717) is 12.5 Å². The molecule has 112 valence electrons. The SMILES string of the molecule is COc1ccc(CCOc2ccc(OC)cc2CCl)cc1. The van der Waals surface area contributed by atoms with Gasteiger partial charge in [0.2, 0.25) is 0 Å². The van der Waals surface area contributed by atoms with Crippen molar-refractivity contribution in [3.05, 3.63) is 53.6 Å². The normalized spacial score (nSPS) is 10.2. The molecule has 0 aliphatic carbocycles. The van der Waals surface area contributed by atoms with Gasteiger partial charge in [-0.25, -0.2) is 0 Å². The molecule has 3 nitrogen and oxygen atoms in total. The molecule has 0 N–H and O–H groups in total. The number of hydrogen-bond acceptors (Lipinski definition) is 3. The van der Waals surface area contributed by atoms with Crippen LogP contribution >= 0.6 is 11.6 Å². The summed E-state index contributed by atoms with van der Waals surface area (Å²) in [7, 11) is 3.30. The number of methoxy groups -OCH3 is 2. The van der Waals surface area contributed by atoms with Crippen LogP contribution < -0.4 is 14.2 Å². The van der Waals surface area contributed by atoms with E-state index in [1.54, 1.807) is 14.2 Å². The maximum absolute atomic E-state index is 5.94. The van der Waals surface area contributed by atoms with Gasteiger partial charge in [-0.15, -0.1) is 11.6 Å². The number of alkyl halides is 1. The van der Waals surface area contributed by atoms with Gasteiger partial charge in [0, 0.05) is 12.0 Å². The van der Waals surface area contributed by atoms with Crippen molar-refractivity contribution in [2.24, 2.45) is 0 Å². The van der Waals surface area contributed by atoms with Gasteiger partial charge < -0.3 is 14.2 Å². The Labute approximate surface area is 130 Å². The van der Waals surface area contributed by atoms with Crippen LogP contribution in [0.3, 0.4) is 0 Å². The Morgan fingerprint density at radius 3 is 2.19 bits per heavy atom. The third kappa shape index (κ3) is 4.30. The maximum Gasteiger partial charge on any atom is 0.123 e. The molecule has 2 rings (SSSR count). The van der Waals surface area contributed by atoms with E-state index >= 15 is 0 Å². The van der Waals surface area contributed by atoms with Gasteiger partial charge in [-0.05, 0) is 35.9 Å². The summed E-state index contributed by atoms with van der Waals surface area (Å²) in [6, 6.07) is 13.6. The van der Waals surface area contributed by atoms with Crippen molar-refractivity contribution in [1.29, 1.82) is 0 Å². The smallest absolute Gasteiger partial charge is 0.123 e. The van der Waals surface area contributed by atoms with Crippen molar-refractivity contribution in [2.75, 3.05) is 20.8 Å². The molecule has 0 atom stereocenters. The molecule has 0 spiro atoms. The van der Waals surface area contributed by atoms with Crippen molar-refractivity contribution >= 4 is 11.6 Å². The monoisotopic (exact) mass is 306 g/mol. The van der Waals surface area contributed by atoms with E-state index in [4.69, 9.17) is 25.8 Å². The average Bonchev–Trinajstić information content (AvgIpc) is 2.55. The van der Waals surface area contributed by atoms with Gasteiger partial charge in [0.1, 0.15) is 17.2 Å². The van der Waals surface area contributed by atoms with Crippen LogP contribution in [0.4, 0.5) is 0 Å². The first kappa shape index (κ1) is 15.5. The molecule has 0 bridgehead atoms. The number of rotatable bonds is 7. The molecule has 0 unspecified atom stereocenters. The number of halogens is 1. The predicted octanol–water partition coefficient (Wildman–Crippen LogP) is 4.06. The largest absolute Gasteiger partial charge is 0.497 e. The van der Waals surface area contributed by atoms with Gasteiger partial charge in [-0.3, -0.25) is 0 Å². The zero-order valence-electron chi connectivity index (χ0n) is 12.3. The minimum atomic E-state index is 0.398. The summed E-state index contributed by atoms with van der Waals surface area (Å²) in [5.74, 6) is 2.85. The topological polar surface area (TPSA) is 27.7 Å². The highest BCUT2D eigenvalue weighted by Gasteiger charge is 2.05. The van der Waals surface area contributed by atoms with Crippen LogP contribution in [-0.2, 0) is 12.3 Å². The fraction of sp³-hybridized carbons (Fsp3) is 0.294. The van der Waals surface area contributed by atoms with Crippen LogP contribution in [-0.4, -0.2) is 20.8 Å². The van der Waals surface area contributed by atoms with Gasteiger partial charge in [0.25, 0.3) is 0 Å². The summed E-state index contributed by atoms with van der Waals surface area (Å²) in [5.41, 5.74) is 2.14. The summed E-state index contributed by atoms with van der Waals surface area (Å²) < 4.78 is 16.1. The van der Waals surface area contributed by atoms with Crippen LogP contribution in [0.1, 0.15) is 11.1 Å². The molecule has 0 aliphatic heterocycles. The molecule has 4 heteroatoms. The molecule has 2 aromatic rings.